The van der Waals surface area contributed by atoms with Crippen LogP contribution < -0.4 is 5.73 Å². The lowest BCUT2D eigenvalue weighted by Crippen LogP contribution is -2.44. The maximum absolute atomic E-state index is 13.5. The van der Waals surface area contributed by atoms with E-state index in [0.29, 0.717) is 5.56 Å². The van der Waals surface area contributed by atoms with Crippen LogP contribution in [0, 0.1) is 11.6 Å². The summed E-state index contributed by atoms with van der Waals surface area (Å²) in [6.45, 7) is 3.18. The van der Waals surface area contributed by atoms with Gasteiger partial charge in [0, 0.05) is 17.5 Å². The first-order valence-electron chi connectivity index (χ1n) is 4.71. The van der Waals surface area contributed by atoms with E-state index in [4.69, 9.17) is 10.8 Å². The Morgan fingerprint density at radius 3 is 2.47 bits per heavy atom. The van der Waals surface area contributed by atoms with Crippen LogP contribution in [-0.2, 0) is 5.41 Å². The van der Waals surface area contributed by atoms with Crippen LogP contribution in [0.5, 0.6) is 0 Å². The lowest BCUT2D eigenvalue weighted by Gasteiger charge is -2.31. The molecule has 1 rings (SSSR count). The molecule has 0 aromatic heterocycles. The SMILES string of the molecule is CC(C)(c1ccc(F)cc1F)C(N)CO. The molecule has 0 aliphatic rings. The molecule has 0 spiro atoms. The average molecular weight is 215 g/mol. The number of benzene rings is 1. The molecule has 3 N–H and O–H groups in total. The zero-order valence-corrected chi connectivity index (χ0v) is 8.80. The quantitative estimate of drug-likeness (QED) is 0.803. The molecule has 0 aliphatic carbocycles. The molecule has 84 valence electrons. The van der Waals surface area contributed by atoms with E-state index in [-0.39, 0.29) is 6.61 Å². The van der Waals surface area contributed by atoms with Crippen molar-refractivity contribution in [1.29, 1.82) is 0 Å². The molecular formula is C11H15F2NO. The Balaban J connectivity index is 3.15. The zero-order valence-electron chi connectivity index (χ0n) is 8.80. The van der Waals surface area contributed by atoms with E-state index in [2.05, 4.69) is 0 Å². The summed E-state index contributed by atoms with van der Waals surface area (Å²) in [6, 6.07) is 2.78. The van der Waals surface area contributed by atoms with E-state index >= 15 is 0 Å². The fourth-order valence-electron chi connectivity index (χ4n) is 1.44. The van der Waals surface area contributed by atoms with E-state index in [9.17, 15) is 8.78 Å². The van der Waals surface area contributed by atoms with Crippen molar-refractivity contribution in [3.05, 3.63) is 35.4 Å². The van der Waals surface area contributed by atoms with Crippen LogP contribution in [0.25, 0.3) is 0 Å². The molecule has 0 heterocycles. The lowest BCUT2D eigenvalue weighted by molar-refractivity contribution is 0.217. The number of hydrogen-bond donors (Lipinski definition) is 2. The molecule has 0 aliphatic heterocycles. The number of aliphatic hydroxyl groups excluding tert-OH is 1. The van der Waals surface area contributed by atoms with Gasteiger partial charge in [0.25, 0.3) is 0 Å². The summed E-state index contributed by atoms with van der Waals surface area (Å²) >= 11 is 0. The molecular weight excluding hydrogens is 200 g/mol. The Kier molecular flexibility index (Phi) is 3.42. The predicted octanol–water partition coefficient (Wildman–Crippen LogP) is 1.56. The van der Waals surface area contributed by atoms with Crippen LogP contribution in [0.1, 0.15) is 19.4 Å². The second kappa shape index (κ2) is 4.24. The fourth-order valence-corrected chi connectivity index (χ4v) is 1.44. The van der Waals surface area contributed by atoms with E-state index in [1.54, 1.807) is 13.8 Å². The van der Waals surface area contributed by atoms with Gasteiger partial charge in [-0.2, -0.15) is 0 Å². The van der Waals surface area contributed by atoms with E-state index in [1.807, 2.05) is 0 Å². The molecule has 1 aromatic rings. The Morgan fingerprint density at radius 2 is 2.00 bits per heavy atom. The largest absolute Gasteiger partial charge is 0.395 e. The van der Waals surface area contributed by atoms with E-state index in [0.717, 1.165) is 6.07 Å². The maximum atomic E-state index is 13.5. The zero-order chi connectivity index (χ0) is 11.6. The minimum Gasteiger partial charge on any atom is -0.395 e. The van der Waals surface area contributed by atoms with Crippen molar-refractivity contribution < 1.29 is 13.9 Å². The number of halogens is 2. The van der Waals surface area contributed by atoms with Crippen molar-refractivity contribution in [2.24, 2.45) is 5.73 Å². The third-order valence-corrected chi connectivity index (χ3v) is 2.75. The van der Waals surface area contributed by atoms with Gasteiger partial charge in [-0.25, -0.2) is 8.78 Å². The highest BCUT2D eigenvalue weighted by atomic mass is 19.1. The molecule has 15 heavy (non-hydrogen) atoms. The van der Waals surface area contributed by atoms with E-state index in [1.165, 1.54) is 12.1 Å². The first kappa shape index (κ1) is 12.1. The number of nitrogens with two attached hydrogens (primary N) is 1. The molecule has 4 heteroatoms. The molecule has 0 bridgehead atoms. The fraction of sp³-hybridized carbons (Fsp3) is 0.455. The first-order valence-corrected chi connectivity index (χ1v) is 4.71. The highest BCUT2D eigenvalue weighted by Gasteiger charge is 2.30. The molecule has 0 saturated carbocycles. The molecule has 0 fully saturated rings. The van der Waals surface area contributed by atoms with Gasteiger partial charge in [0.1, 0.15) is 11.6 Å². The van der Waals surface area contributed by atoms with Crippen molar-refractivity contribution in [2.75, 3.05) is 6.61 Å². The van der Waals surface area contributed by atoms with Crippen molar-refractivity contribution >= 4 is 0 Å². The van der Waals surface area contributed by atoms with Gasteiger partial charge in [-0.3, -0.25) is 0 Å². The number of aliphatic hydroxyl groups is 1. The average Bonchev–Trinajstić information content (AvgIpc) is 2.15. The topological polar surface area (TPSA) is 46.2 Å². The smallest absolute Gasteiger partial charge is 0.129 e. The van der Waals surface area contributed by atoms with Crippen LogP contribution >= 0.6 is 0 Å². The summed E-state index contributed by atoms with van der Waals surface area (Å²) in [4.78, 5) is 0. The normalized spacial score (nSPS) is 14.0. The Morgan fingerprint density at radius 1 is 1.40 bits per heavy atom. The highest BCUT2D eigenvalue weighted by Crippen LogP contribution is 2.28. The van der Waals surface area contributed by atoms with Crippen molar-refractivity contribution in [3.8, 4) is 0 Å². The van der Waals surface area contributed by atoms with Gasteiger partial charge in [0.2, 0.25) is 0 Å². The van der Waals surface area contributed by atoms with Crippen LogP contribution in [-0.4, -0.2) is 17.8 Å². The molecule has 2 nitrogen and oxygen atoms in total. The molecule has 1 unspecified atom stereocenters. The summed E-state index contributed by atoms with van der Waals surface area (Å²) in [6.07, 6.45) is 0. The third kappa shape index (κ3) is 2.33. The summed E-state index contributed by atoms with van der Waals surface area (Å²) < 4.78 is 26.2. The predicted molar refractivity (Wildman–Crippen MR) is 54.4 cm³/mol. The molecule has 0 saturated heterocycles. The second-order valence-corrected chi connectivity index (χ2v) is 4.13. The van der Waals surface area contributed by atoms with Gasteiger partial charge in [-0.1, -0.05) is 19.9 Å². The highest BCUT2D eigenvalue weighted by molar-refractivity contribution is 5.28. The first-order chi connectivity index (χ1) is 6.89. The molecule has 1 atom stereocenters. The van der Waals surface area contributed by atoms with Gasteiger partial charge in [-0.05, 0) is 11.6 Å². The Hall–Kier alpha value is -1.00. The summed E-state index contributed by atoms with van der Waals surface area (Å²) in [5.41, 5.74) is 5.26. The minimum absolute atomic E-state index is 0.246. The van der Waals surface area contributed by atoms with E-state index < -0.39 is 23.1 Å². The Labute approximate surface area is 87.7 Å². The molecule has 0 radical (unpaired) electrons. The standard InChI is InChI=1S/C11H15F2NO/c1-11(2,10(14)6-15)8-4-3-7(12)5-9(8)13/h3-5,10,15H,6,14H2,1-2H3. The lowest BCUT2D eigenvalue weighted by atomic mass is 9.78. The summed E-state index contributed by atoms with van der Waals surface area (Å²) in [7, 11) is 0. The monoisotopic (exact) mass is 215 g/mol. The summed E-state index contributed by atoms with van der Waals surface area (Å²) in [5, 5.41) is 8.96. The summed E-state index contributed by atoms with van der Waals surface area (Å²) in [5.74, 6) is -1.26. The van der Waals surface area contributed by atoms with Crippen LogP contribution in [0.3, 0.4) is 0 Å². The van der Waals surface area contributed by atoms with Crippen LogP contribution in [0.2, 0.25) is 0 Å². The molecule has 0 amide bonds. The van der Waals surface area contributed by atoms with Gasteiger partial charge < -0.3 is 10.8 Å². The maximum Gasteiger partial charge on any atom is 0.129 e. The minimum atomic E-state index is -0.730. The van der Waals surface area contributed by atoms with Crippen molar-refractivity contribution in [3.63, 3.8) is 0 Å². The van der Waals surface area contributed by atoms with Gasteiger partial charge in [-0.15, -0.1) is 0 Å². The number of hydrogen-bond acceptors (Lipinski definition) is 2. The number of rotatable bonds is 3. The third-order valence-electron chi connectivity index (χ3n) is 2.75. The van der Waals surface area contributed by atoms with Gasteiger partial charge in [0.05, 0.1) is 6.61 Å². The van der Waals surface area contributed by atoms with Crippen LogP contribution in [0.15, 0.2) is 18.2 Å². The van der Waals surface area contributed by atoms with Gasteiger partial charge >= 0.3 is 0 Å². The van der Waals surface area contributed by atoms with Crippen molar-refractivity contribution in [2.45, 2.75) is 25.3 Å². The van der Waals surface area contributed by atoms with Gasteiger partial charge in [0.15, 0.2) is 0 Å². The molecule has 1 aromatic carbocycles. The second-order valence-electron chi connectivity index (χ2n) is 4.13. The van der Waals surface area contributed by atoms with Crippen molar-refractivity contribution in [1.82, 2.24) is 0 Å². The van der Waals surface area contributed by atoms with Crippen LogP contribution in [0.4, 0.5) is 8.78 Å². The Bertz CT molecular complexity index is 352.